The first-order valence-electron chi connectivity index (χ1n) is 8.20. The van der Waals surface area contributed by atoms with Gasteiger partial charge in [-0.15, -0.1) is 0 Å². The Bertz CT molecular complexity index is 510. The number of hydrogen-bond acceptors (Lipinski definition) is 4. The highest BCUT2D eigenvalue weighted by molar-refractivity contribution is 5.90. The molecule has 0 aliphatic heterocycles. The Balaban J connectivity index is 2.45. The quantitative estimate of drug-likeness (QED) is 0.541. The monoisotopic (exact) mass is 320 g/mol. The first-order chi connectivity index (χ1) is 10.9. The lowest BCUT2D eigenvalue weighted by atomic mass is 10.0. The van der Waals surface area contributed by atoms with Gasteiger partial charge in [-0.05, 0) is 51.0 Å². The standard InChI is InChI=1S/C18H28N2O3/c1-5-7-12-23-17(22)14-8-10-15(11-9-14)19-13-16(21)20-18(3,4)6-2/h8-11,19H,5-7,12-13H2,1-4H3,(H,20,21). The van der Waals surface area contributed by atoms with Crippen molar-refractivity contribution >= 4 is 17.6 Å². The number of carbonyl (C=O) groups is 2. The number of anilines is 1. The number of hydrogen-bond donors (Lipinski definition) is 2. The molecule has 1 aromatic carbocycles. The van der Waals surface area contributed by atoms with Crippen molar-refractivity contribution in [2.24, 2.45) is 0 Å². The molecule has 1 aromatic rings. The molecule has 0 bridgehead atoms. The van der Waals surface area contributed by atoms with E-state index in [9.17, 15) is 9.59 Å². The molecule has 0 spiro atoms. The smallest absolute Gasteiger partial charge is 0.338 e. The lowest BCUT2D eigenvalue weighted by Gasteiger charge is -2.24. The molecule has 0 aromatic heterocycles. The third-order valence-corrected chi connectivity index (χ3v) is 3.67. The number of carbonyl (C=O) groups excluding carboxylic acids is 2. The summed E-state index contributed by atoms with van der Waals surface area (Å²) < 4.78 is 5.15. The van der Waals surface area contributed by atoms with Gasteiger partial charge in [0.15, 0.2) is 0 Å². The van der Waals surface area contributed by atoms with Crippen LogP contribution < -0.4 is 10.6 Å². The lowest BCUT2D eigenvalue weighted by molar-refractivity contribution is -0.121. The highest BCUT2D eigenvalue weighted by atomic mass is 16.5. The molecule has 2 N–H and O–H groups in total. The van der Waals surface area contributed by atoms with E-state index in [0.717, 1.165) is 24.9 Å². The maximum absolute atomic E-state index is 11.9. The molecule has 23 heavy (non-hydrogen) atoms. The van der Waals surface area contributed by atoms with E-state index in [1.807, 2.05) is 27.7 Å². The zero-order valence-corrected chi connectivity index (χ0v) is 14.6. The van der Waals surface area contributed by atoms with Crippen molar-refractivity contribution in [3.05, 3.63) is 29.8 Å². The van der Waals surface area contributed by atoms with Crippen LogP contribution in [0.2, 0.25) is 0 Å². The van der Waals surface area contributed by atoms with Gasteiger partial charge in [-0.2, -0.15) is 0 Å². The van der Waals surface area contributed by atoms with Crippen molar-refractivity contribution in [1.82, 2.24) is 5.32 Å². The molecule has 1 rings (SSSR count). The first kappa shape index (κ1) is 19.0. The number of unbranched alkanes of at least 4 members (excludes halogenated alkanes) is 1. The number of rotatable bonds is 9. The van der Waals surface area contributed by atoms with E-state index < -0.39 is 0 Å². The molecule has 0 heterocycles. The highest BCUT2D eigenvalue weighted by Gasteiger charge is 2.17. The Labute approximate surface area is 138 Å². The summed E-state index contributed by atoms with van der Waals surface area (Å²) in [5.74, 6) is -0.368. The largest absolute Gasteiger partial charge is 0.462 e. The lowest BCUT2D eigenvalue weighted by Crippen LogP contribution is -2.45. The minimum Gasteiger partial charge on any atom is -0.462 e. The molecule has 1 amide bonds. The molecule has 0 saturated carbocycles. The van der Waals surface area contributed by atoms with E-state index in [1.54, 1.807) is 24.3 Å². The van der Waals surface area contributed by atoms with E-state index in [4.69, 9.17) is 4.74 Å². The first-order valence-corrected chi connectivity index (χ1v) is 8.20. The van der Waals surface area contributed by atoms with Crippen molar-refractivity contribution in [3.63, 3.8) is 0 Å². The molecule has 128 valence electrons. The van der Waals surface area contributed by atoms with Crippen LogP contribution in [0.4, 0.5) is 5.69 Å². The second-order valence-electron chi connectivity index (χ2n) is 6.21. The molecule has 0 radical (unpaired) electrons. The van der Waals surface area contributed by atoms with Crippen LogP contribution in [-0.2, 0) is 9.53 Å². The highest BCUT2D eigenvalue weighted by Crippen LogP contribution is 2.11. The van der Waals surface area contributed by atoms with Crippen LogP contribution in [0.1, 0.15) is 57.3 Å². The van der Waals surface area contributed by atoms with Crippen molar-refractivity contribution in [2.75, 3.05) is 18.5 Å². The summed E-state index contributed by atoms with van der Waals surface area (Å²) in [7, 11) is 0. The van der Waals surface area contributed by atoms with Gasteiger partial charge in [0.2, 0.25) is 5.91 Å². The van der Waals surface area contributed by atoms with Crippen LogP contribution in [0.25, 0.3) is 0 Å². The van der Waals surface area contributed by atoms with E-state index in [1.165, 1.54) is 0 Å². The van der Waals surface area contributed by atoms with Gasteiger partial charge in [0, 0.05) is 11.2 Å². The van der Waals surface area contributed by atoms with Crippen LogP contribution in [0.15, 0.2) is 24.3 Å². The average molecular weight is 320 g/mol. The van der Waals surface area contributed by atoms with Crippen LogP contribution in [0.5, 0.6) is 0 Å². The minimum atomic E-state index is -0.313. The van der Waals surface area contributed by atoms with E-state index in [-0.39, 0.29) is 24.0 Å². The van der Waals surface area contributed by atoms with E-state index in [0.29, 0.717) is 12.2 Å². The normalized spacial score (nSPS) is 11.0. The molecular formula is C18H28N2O3. The Morgan fingerprint density at radius 2 is 1.78 bits per heavy atom. The summed E-state index contributed by atoms with van der Waals surface area (Å²) in [4.78, 5) is 23.6. The number of amides is 1. The van der Waals surface area contributed by atoms with Crippen LogP contribution >= 0.6 is 0 Å². The molecule has 0 unspecified atom stereocenters. The van der Waals surface area contributed by atoms with Crippen molar-refractivity contribution < 1.29 is 14.3 Å². The fraction of sp³-hybridized carbons (Fsp3) is 0.556. The Hall–Kier alpha value is -2.04. The fourth-order valence-corrected chi connectivity index (χ4v) is 1.81. The van der Waals surface area contributed by atoms with Gasteiger partial charge in [0.25, 0.3) is 0 Å². The zero-order chi connectivity index (χ0) is 17.3. The molecule has 0 fully saturated rings. The van der Waals surface area contributed by atoms with Gasteiger partial charge < -0.3 is 15.4 Å². The Morgan fingerprint density at radius 1 is 1.13 bits per heavy atom. The Kier molecular flexibility index (Phi) is 7.59. The molecule has 5 heteroatoms. The summed E-state index contributed by atoms with van der Waals surface area (Å²) in [5.41, 5.74) is 1.10. The van der Waals surface area contributed by atoms with Crippen LogP contribution in [-0.4, -0.2) is 30.6 Å². The summed E-state index contributed by atoms with van der Waals surface area (Å²) in [6, 6.07) is 6.94. The summed E-state index contributed by atoms with van der Waals surface area (Å²) in [6.07, 6.45) is 2.73. The summed E-state index contributed by atoms with van der Waals surface area (Å²) >= 11 is 0. The van der Waals surface area contributed by atoms with E-state index >= 15 is 0 Å². The maximum atomic E-state index is 11.9. The van der Waals surface area contributed by atoms with Crippen LogP contribution in [0.3, 0.4) is 0 Å². The van der Waals surface area contributed by atoms with E-state index in [2.05, 4.69) is 10.6 Å². The number of nitrogens with one attached hydrogen (secondary N) is 2. The molecular weight excluding hydrogens is 292 g/mol. The molecule has 0 aliphatic carbocycles. The van der Waals surface area contributed by atoms with Crippen molar-refractivity contribution in [1.29, 1.82) is 0 Å². The van der Waals surface area contributed by atoms with Gasteiger partial charge in [-0.25, -0.2) is 4.79 Å². The van der Waals surface area contributed by atoms with Gasteiger partial charge in [0.1, 0.15) is 0 Å². The van der Waals surface area contributed by atoms with Crippen molar-refractivity contribution in [2.45, 2.75) is 52.5 Å². The molecule has 0 saturated heterocycles. The number of esters is 1. The molecule has 0 atom stereocenters. The minimum absolute atomic E-state index is 0.0556. The van der Waals surface area contributed by atoms with Gasteiger partial charge >= 0.3 is 5.97 Å². The number of benzene rings is 1. The topological polar surface area (TPSA) is 67.4 Å². The third-order valence-electron chi connectivity index (χ3n) is 3.67. The number of ether oxygens (including phenoxy) is 1. The molecule has 5 nitrogen and oxygen atoms in total. The predicted octanol–water partition coefficient (Wildman–Crippen LogP) is 3.36. The second-order valence-corrected chi connectivity index (χ2v) is 6.21. The third kappa shape index (κ3) is 7.17. The van der Waals surface area contributed by atoms with Gasteiger partial charge in [-0.1, -0.05) is 20.3 Å². The average Bonchev–Trinajstić information content (AvgIpc) is 2.53. The predicted molar refractivity (Wildman–Crippen MR) is 92.6 cm³/mol. The second kappa shape index (κ2) is 9.18. The Morgan fingerprint density at radius 3 is 2.35 bits per heavy atom. The van der Waals surface area contributed by atoms with Crippen LogP contribution in [0, 0.1) is 0 Å². The SMILES string of the molecule is CCCCOC(=O)c1ccc(NCC(=O)NC(C)(C)CC)cc1. The van der Waals surface area contributed by atoms with Crippen molar-refractivity contribution in [3.8, 4) is 0 Å². The van der Waals surface area contributed by atoms with Gasteiger partial charge in [-0.3, -0.25) is 4.79 Å². The van der Waals surface area contributed by atoms with Gasteiger partial charge in [0.05, 0.1) is 18.7 Å². The summed E-state index contributed by atoms with van der Waals surface area (Å²) in [5, 5.41) is 6.00. The zero-order valence-electron chi connectivity index (χ0n) is 14.6. The maximum Gasteiger partial charge on any atom is 0.338 e. The summed E-state index contributed by atoms with van der Waals surface area (Å²) in [6.45, 7) is 8.71. The molecule has 0 aliphatic rings. The fourth-order valence-electron chi connectivity index (χ4n) is 1.81.